The Morgan fingerprint density at radius 1 is 1.15 bits per heavy atom. The normalized spacial score (nSPS) is 16.1. The lowest BCUT2D eigenvalue weighted by Crippen LogP contribution is -2.14. The molecule has 132 valence electrons. The van der Waals surface area contributed by atoms with Crippen molar-refractivity contribution in [3.05, 3.63) is 82.3 Å². The van der Waals surface area contributed by atoms with Crippen LogP contribution in [0.4, 0.5) is 5.69 Å². The molecule has 1 aliphatic heterocycles. The van der Waals surface area contributed by atoms with Crippen molar-refractivity contribution in [2.75, 3.05) is 19.0 Å². The largest absolute Gasteiger partial charge is 0.461 e. The molecule has 0 spiro atoms. The summed E-state index contributed by atoms with van der Waals surface area (Å²) in [5.74, 6) is 1.34. The minimum Gasteiger partial charge on any atom is -0.461 e. The summed E-state index contributed by atoms with van der Waals surface area (Å²) in [5.41, 5.74) is 2.60. The van der Waals surface area contributed by atoms with E-state index in [-0.39, 0.29) is 11.1 Å². The first kappa shape index (κ1) is 19.1. The maximum absolute atomic E-state index is 9.19. The van der Waals surface area contributed by atoms with Gasteiger partial charge in [0.25, 0.3) is 5.70 Å². The fourth-order valence-electron chi connectivity index (χ4n) is 2.33. The molecule has 0 unspecified atom stereocenters. The monoisotopic (exact) mass is 345 g/mol. The molecule has 26 heavy (non-hydrogen) atoms. The van der Waals surface area contributed by atoms with Crippen molar-refractivity contribution >= 4 is 11.8 Å². The zero-order chi connectivity index (χ0) is 19.3. The van der Waals surface area contributed by atoms with Gasteiger partial charge in [-0.25, -0.2) is 10.1 Å². The van der Waals surface area contributed by atoms with E-state index >= 15 is 0 Å². The zero-order valence-electron chi connectivity index (χ0n) is 15.9. The first-order chi connectivity index (χ1) is 12.2. The third-order valence-corrected chi connectivity index (χ3v) is 3.89. The van der Waals surface area contributed by atoms with E-state index in [1.807, 2.05) is 82.3 Å². The molecule has 0 saturated heterocycles. The number of hydrogen-bond acceptors (Lipinski definition) is 3. The van der Waals surface area contributed by atoms with Crippen molar-refractivity contribution in [1.82, 2.24) is 0 Å². The van der Waals surface area contributed by atoms with E-state index in [9.17, 15) is 5.26 Å². The maximum Gasteiger partial charge on any atom is 0.269 e. The average Bonchev–Trinajstić information content (AvgIpc) is 2.60. The fraction of sp³-hybridized carbons (Fsp3) is 0.273. The number of rotatable bonds is 3. The minimum absolute atomic E-state index is 0.0660. The van der Waals surface area contributed by atoms with Crippen LogP contribution in [0.5, 0.6) is 0 Å². The smallest absolute Gasteiger partial charge is 0.269 e. The van der Waals surface area contributed by atoms with Crippen LogP contribution in [0.2, 0.25) is 0 Å². The second-order valence-corrected chi connectivity index (χ2v) is 7.25. The molecule has 0 N–H and O–H groups in total. The molecule has 1 aromatic rings. The first-order valence-electron chi connectivity index (χ1n) is 8.33. The van der Waals surface area contributed by atoms with Gasteiger partial charge < -0.3 is 9.64 Å². The molecule has 0 radical (unpaired) electrons. The third kappa shape index (κ3) is 4.65. The van der Waals surface area contributed by atoms with Gasteiger partial charge in [0.05, 0.1) is 12.6 Å². The fourth-order valence-corrected chi connectivity index (χ4v) is 2.33. The zero-order valence-corrected chi connectivity index (χ0v) is 15.9. The van der Waals surface area contributed by atoms with Crippen LogP contribution in [0.1, 0.15) is 26.3 Å². The molecule has 0 atom stereocenters. The summed E-state index contributed by atoms with van der Waals surface area (Å²) in [7, 11) is 4.01. The number of allylic oxidation sites excluding steroid dienone is 6. The van der Waals surface area contributed by atoms with Gasteiger partial charge in [-0.2, -0.15) is 0 Å². The van der Waals surface area contributed by atoms with Crippen LogP contribution in [-0.2, 0) is 4.74 Å². The summed E-state index contributed by atoms with van der Waals surface area (Å²) in [4.78, 5) is 5.37. The summed E-state index contributed by atoms with van der Waals surface area (Å²) in [6.45, 7) is 13.3. The SMILES string of the molecule is [C-]#[N+]/C(C#N)=C1C=C(/C=C/c2ccc(N(C)C)cc2)OC(C(C)(C)C)=C\1. The Labute approximate surface area is 155 Å². The van der Waals surface area contributed by atoms with Gasteiger partial charge >= 0.3 is 0 Å². The summed E-state index contributed by atoms with van der Waals surface area (Å²) < 4.78 is 5.98. The van der Waals surface area contributed by atoms with Gasteiger partial charge in [-0.05, 0) is 41.5 Å². The predicted molar refractivity (Wildman–Crippen MR) is 106 cm³/mol. The average molecular weight is 345 g/mol. The highest BCUT2D eigenvalue weighted by molar-refractivity contribution is 5.59. The van der Waals surface area contributed by atoms with Gasteiger partial charge in [0.15, 0.2) is 0 Å². The van der Waals surface area contributed by atoms with Crippen LogP contribution in [-0.4, -0.2) is 14.1 Å². The quantitative estimate of drug-likeness (QED) is 0.551. The van der Waals surface area contributed by atoms with Gasteiger partial charge in [-0.3, -0.25) is 0 Å². The van der Waals surface area contributed by atoms with E-state index in [1.165, 1.54) is 0 Å². The van der Waals surface area contributed by atoms with Gasteiger partial charge in [-0.15, -0.1) is 0 Å². The van der Waals surface area contributed by atoms with Crippen LogP contribution < -0.4 is 4.90 Å². The molecule has 0 aliphatic carbocycles. The molecule has 0 fully saturated rings. The first-order valence-corrected chi connectivity index (χ1v) is 8.33. The highest BCUT2D eigenvalue weighted by atomic mass is 16.5. The Hall–Kier alpha value is -3.24. The van der Waals surface area contributed by atoms with Crippen LogP contribution >= 0.6 is 0 Å². The summed E-state index contributed by atoms with van der Waals surface area (Å²) in [6.07, 6.45) is 7.33. The third-order valence-electron chi connectivity index (χ3n) is 3.89. The molecule has 2 rings (SSSR count). The van der Waals surface area contributed by atoms with Crippen molar-refractivity contribution in [3.8, 4) is 6.07 Å². The number of ether oxygens (including phenoxy) is 1. The molecule has 1 aromatic carbocycles. The van der Waals surface area contributed by atoms with Gasteiger partial charge in [0.1, 0.15) is 11.5 Å². The molecule has 0 bridgehead atoms. The molecule has 0 amide bonds. The lowest BCUT2D eigenvalue weighted by molar-refractivity contribution is 0.223. The number of anilines is 1. The Morgan fingerprint density at radius 3 is 2.31 bits per heavy atom. The van der Waals surface area contributed by atoms with Gasteiger partial charge in [0.2, 0.25) is 0 Å². The van der Waals surface area contributed by atoms with Gasteiger partial charge in [0, 0.05) is 25.2 Å². The van der Waals surface area contributed by atoms with Crippen molar-refractivity contribution < 1.29 is 4.74 Å². The van der Waals surface area contributed by atoms with Crippen molar-refractivity contribution in [3.63, 3.8) is 0 Å². The molecule has 1 aliphatic rings. The van der Waals surface area contributed by atoms with Crippen LogP contribution in [0, 0.1) is 23.3 Å². The van der Waals surface area contributed by atoms with Crippen molar-refractivity contribution in [2.24, 2.45) is 5.41 Å². The Morgan fingerprint density at radius 2 is 1.81 bits per heavy atom. The highest BCUT2D eigenvalue weighted by Crippen LogP contribution is 2.34. The summed E-state index contributed by atoms with van der Waals surface area (Å²) in [6, 6.07) is 10.1. The maximum atomic E-state index is 9.19. The van der Waals surface area contributed by atoms with Crippen molar-refractivity contribution in [1.29, 1.82) is 5.26 Å². The molecular weight excluding hydrogens is 322 g/mol. The van der Waals surface area contributed by atoms with E-state index in [0.717, 1.165) is 17.0 Å². The number of benzene rings is 1. The Bertz CT molecular complexity index is 861. The topological polar surface area (TPSA) is 40.6 Å². The van der Waals surface area contributed by atoms with Gasteiger partial charge in [-0.1, -0.05) is 39.0 Å². The molecule has 4 nitrogen and oxygen atoms in total. The standard InChI is InChI=1S/C22H23N3O/c1-22(2,3)21-14-17(20(15-23)24-4)13-19(26-21)12-9-16-7-10-18(11-8-16)25(5)6/h7-14H,1-3,5-6H3/b12-9+,20-17+. The van der Waals surface area contributed by atoms with E-state index in [2.05, 4.69) is 4.85 Å². The lowest BCUT2D eigenvalue weighted by atomic mass is 9.91. The number of nitriles is 1. The summed E-state index contributed by atoms with van der Waals surface area (Å²) >= 11 is 0. The summed E-state index contributed by atoms with van der Waals surface area (Å²) in [5, 5.41) is 9.19. The Kier molecular flexibility index (Phi) is 5.70. The molecule has 0 aromatic heterocycles. The second kappa shape index (κ2) is 7.76. The molecular formula is C22H23N3O. The molecule has 4 heteroatoms. The van der Waals surface area contributed by atoms with Crippen LogP contribution in [0.25, 0.3) is 10.9 Å². The number of hydrogen-bond donors (Lipinski definition) is 0. The van der Waals surface area contributed by atoms with Crippen molar-refractivity contribution in [2.45, 2.75) is 20.8 Å². The Balaban J connectivity index is 2.35. The second-order valence-electron chi connectivity index (χ2n) is 7.25. The number of nitrogens with zero attached hydrogens (tertiary/aromatic N) is 3. The van der Waals surface area contributed by atoms with E-state index < -0.39 is 0 Å². The van der Waals surface area contributed by atoms with E-state index in [1.54, 1.807) is 12.2 Å². The van der Waals surface area contributed by atoms with Crippen LogP contribution in [0.15, 0.2) is 65.3 Å². The minimum atomic E-state index is -0.228. The lowest BCUT2D eigenvalue weighted by Gasteiger charge is -2.26. The van der Waals surface area contributed by atoms with Crippen LogP contribution in [0.3, 0.4) is 0 Å². The molecule has 0 saturated carbocycles. The predicted octanol–water partition coefficient (Wildman–Crippen LogP) is 5.31. The molecule has 1 heterocycles. The van der Waals surface area contributed by atoms with E-state index in [0.29, 0.717) is 11.3 Å². The highest BCUT2D eigenvalue weighted by Gasteiger charge is 2.23. The van der Waals surface area contributed by atoms with E-state index in [4.69, 9.17) is 11.3 Å².